The number of carboxylic acids is 2. The van der Waals surface area contributed by atoms with Crippen molar-refractivity contribution >= 4 is 22.0 Å². The molecule has 11 heteroatoms. The van der Waals surface area contributed by atoms with Gasteiger partial charge in [0.05, 0.1) is 11.4 Å². The van der Waals surface area contributed by atoms with Gasteiger partial charge in [-0.3, -0.25) is 0 Å². The molecule has 0 radical (unpaired) electrons. The molecule has 0 aliphatic carbocycles. The Morgan fingerprint density at radius 3 is 2.10 bits per heavy atom. The number of hydrogen-bond donors (Lipinski definition) is 2. The molecule has 0 fully saturated rings. The number of aromatic carboxylic acids is 2. The van der Waals surface area contributed by atoms with E-state index in [4.69, 9.17) is 5.11 Å². The highest BCUT2D eigenvalue weighted by molar-refractivity contribution is 7.89. The van der Waals surface area contributed by atoms with Crippen LogP contribution in [0.4, 0.5) is 0 Å². The molecule has 1 aromatic heterocycles. The Hall–Kier alpha value is -3.57. The third kappa shape index (κ3) is 4.53. The van der Waals surface area contributed by atoms with Crippen molar-refractivity contribution in [2.75, 3.05) is 6.54 Å². The molecule has 0 saturated carbocycles. The standard InChI is InChI=1S/C19H18N4O6S/c24-18(25)16-17(19(26)27)23(21-20-16)12-11-22(13-14-7-3-1-4-8-14)30(28,29)15-9-5-2-6-10-15/h1-10H,11-13H2,(H,24,25)(H,26,27). The SMILES string of the molecule is O=C(O)c1nnn(CCN(Cc2ccccc2)S(=O)(=O)c2ccccc2)c1C(=O)O. The van der Waals surface area contributed by atoms with Crippen LogP contribution in [0.2, 0.25) is 0 Å². The molecule has 3 rings (SSSR count). The van der Waals surface area contributed by atoms with Crippen LogP contribution < -0.4 is 0 Å². The molecule has 2 N–H and O–H groups in total. The van der Waals surface area contributed by atoms with E-state index >= 15 is 0 Å². The maximum atomic E-state index is 13.2. The fraction of sp³-hybridized carbons (Fsp3) is 0.158. The third-order valence-corrected chi connectivity index (χ3v) is 6.14. The summed E-state index contributed by atoms with van der Waals surface area (Å²) in [6.07, 6.45) is 0. The van der Waals surface area contributed by atoms with E-state index in [1.165, 1.54) is 16.4 Å². The third-order valence-electron chi connectivity index (χ3n) is 4.28. The highest BCUT2D eigenvalue weighted by Gasteiger charge is 2.28. The summed E-state index contributed by atoms with van der Waals surface area (Å²) in [7, 11) is -3.90. The molecule has 1 heterocycles. The topological polar surface area (TPSA) is 143 Å². The molecule has 0 aliphatic heterocycles. The van der Waals surface area contributed by atoms with Crippen LogP contribution in [0.3, 0.4) is 0 Å². The van der Waals surface area contributed by atoms with Gasteiger partial charge < -0.3 is 10.2 Å². The largest absolute Gasteiger partial charge is 0.476 e. The minimum atomic E-state index is -3.90. The van der Waals surface area contributed by atoms with Crippen molar-refractivity contribution in [3.05, 3.63) is 77.6 Å². The van der Waals surface area contributed by atoms with Gasteiger partial charge in [-0.15, -0.1) is 5.10 Å². The lowest BCUT2D eigenvalue weighted by atomic mass is 10.2. The van der Waals surface area contributed by atoms with Gasteiger partial charge in [0, 0.05) is 13.1 Å². The first-order valence-corrected chi connectivity index (χ1v) is 10.2. The molecule has 0 spiro atoms. The summed E-state index contributed by atoms with van der Waals surface area (Å²) in [6, 6.07) is 16.7. The highest BCUT2D eigenvalue weighted by Crippen LogP contribution is 2.19. The van der Waals surface area contributed by atoms with Crippen molar-refractivity contribution < 1.29 is 28.2 Å². The first kappa shape index (κ1) is 21.1. The Balaban J connectivity index is 1.92. The van der Waals surface area contributed by atoms with Gasteiger partial charge >= 0.3 is 11.9 Å². The van der Waals surface area contributed by atoms with Gasteiger partial charge in [-0.05, 0) is 17.7 Å². The number of rotatable bonds is 9. The molecule has 30 heavy (non-hydrogen) atoms. The van der Waals surface area contributed by atoms with Gasteiger partial charge in [-0.25, -0.2) is 22.7 Å². The molecule has 2 aromatic carbocycles. The number of sulfonamides is 1. The molecule has 3 aromatic rings. The van der Waals surface area contributed by atoms with Crippen LogP contribution in [0.25, 0.3) is 0 Å². The normalized spacial score (nSPS) is 11.5. The number of carbonyl (C=O) groups is 2. The van der Waals surface area contributed by atoms with Crippen molar-refractivity contribution in [1.82, 2.24) is 19.3 Å². The Morgan fingerprint density at radius 2 is 1.53 bits per heavy atom. The Bertz CT molecular complexity index is 1150. The van der Waals surface area contributed by atoms with Crippen LogP contribution in [0.15, 0.2) is 65.6 Å². The first-order valence-electron chi connectivity index (χ1n) is 8.80. The minimum absolute atomic E-state index is 0.0426. The summed E-state index contributed by atoms with van der Waals surface area (Å²) >= 11 is 0. The molecule has 0 saturated heterocycles. The van der Waals surface area contributed by atoms with E-state index in [1.807, 2.05) is 6.07 Å². The second-order valence-electron chi connectivity index (χ2n) is 6.26. The molecule has 156 valence electrons. The molecular formula is C19H18N4O6S. The summed E-state index contributed by atoms with van der Waals surface area (Å²) in [6.45, 7) is -0.295. The van der Waals surface area contributed by atoms with E-state index in [0.717, 1.165) is 10.2 Å². The number of benzene rings is 2. The zero-order valence-corrected chi connectivity index (χ0v) is 16.4. The average Bonchev–Trinajstić information content (AvgIpc) is 3.17. The Morgan fingerprint density at radius 1 is 0.933 bits per heavy atom. The van der Waals surface area contributed by atoms with E-state index < -0.39 is 33.3 Å². The number of hydrogen-bond acceptors (Lipinski definition) is 6. The van der Waals surface area contributed by atoms with Crippen molar-refractivity contribution in [2.24, 2.45) is 0 Å². The lowest BCUT2D eigenvalue weighted by Gasteiger charge is -2.22. The van der Waals surface area contributed by atoms with E-state index in [9.17, 15) is 23.1 Å². The fourth-order valence-corrected chi connectivity index (χ4v) is 4.28. The van der Waals surface area contributed by atoms with Crippen molar-refractivity contribution in [3.63, 3.8) is 0 Å². The molecule has 0 aliphatic rings. The molecule has 0 atom stereocenters. The van der Waals surface area contributed by atoms with Crippen LogP contribution in [0, 0.1) is 0 Å². The zero-order valence-electron chi connectivity index (χ0n) is 15.6. The minimum Gasteiger partial charge on any atom is -0.476 e. The van der Waals surface area contributed by atoms with E-state index in [-0.39, 0.29) is 24.5 Å². The van der Waals surface area contributed by atoms with Gasteiger partial charge in [0.25, 0.3) is 0 Å². The fourth-order valence-electron chi connectivity index (χ4n) is 2.84. The predicted molar refractivity (Wildman–Crippen MR) is 104 cm³/mol. The van der Waals surface area contributed by atoms with Crippen LogP contribution >= 0.6 is 0 Å². The van der Waals surface area contributed by atoms with Crippen LogP contribution in [0.5, 0.6) is 0 Å². The second kappa shape index (κ2) is 8.84. The molecular weight excluding hydrogens is 412 g/mol. The molecule has 0 bridgehead atoms. The van der Waals surface area contributed by atoms with E-state index in [1.54, 1.807) is 42.5 Å². The summed E-state index contributed by atoms with van der Waals surface area (Å²) in [5, 5.41) is 25.4. The highest BCUT2D eigenvalue weighted by atomic mass is 32.2. The summed E-state index contributed by atoms with van der Waals surface area (Å²) < 4.78 is 28.4. The van der Waals surface area contributed by atoms with Gasteiger partial charge in [0.1, 0.15) is 0 Å². The van der Waals surface area contributed by atoms with Gasteiger partial charge in [0.15, 0.2) is 5.69 Å². The first-order chi connectivity index (χ1) is 14.3. The quantitative estimate of drug-likeness (QED) is 0.521. The number of nitrogens with zero attached hydrogens (tertiary/aromatic N) is 4. The maximum Gasteiger partial charge on any atom is 0.359 e. The van der Waals surface area contributed by atoms with Crippen molar-refractivity contribution in [2.45, 2.75) is 18.0 Å². The maximum absolute atomic E-state index is 13.2. The second-order valence-corrected chi connectivity index (χ2v) is 8.20. The predicted octanol–water partition coefficient (Wildman–Crippen LogP) is 1.57. The van der Waals surface area contributed by atoms with Crippen molar-refractivity contribution in [3.8, 4) is 0 Å². The smallest absolute Gasteiger partial charge is 0.359 e. The lowest BCUT2D eigenvalue weighted by molar-refractivity contribution is 0.0640. The Labute approximate surface area is 172 Å². The van der Waals surface area contributed by atoms with Gasteiger partial charge in [-0.2, -0.15) is 4.31 Å². The van der Waals surface area contributed by atoms with Crippen LogP contribution in [0.1, 0.15) is 26.5 Å². The number of aromatic nitrogens is 3. The van der Waals surface area contributed by atoms with Crippen LogP contribution in [-0.2, 0) is 23.1 Å². The summed E-state index contributed by atoms with van der Waals surface area (Å²) in [5.41, 5.74) is -0.581. The molecule has 10 nitrogen and oxygen atoms in total. The lowest BCUT2D eigenvalue weighted by Crippen LogP contribution is -2.34. The monoisotopic (exact) mass is 430 g/mol. The summed E-state index contributed by atoms with van der Waals surface area (Å²) in [5.74, 6) is -3.05. The number of carboxylic acid groups (broad SMARTS) is 2. The van der Waals surface area contributed by atoms with Crippen LogP contribution in [-0.4, -0.2) is 56.4 Å². The molecule has 0 amide bonds. The van der Waals surface area contributed by atoms with Crippen molar-refractivity contribution in [1.29, 1.82) is 0 Å². The summed E-state index contributed by atoms with van der Waals surface area (Å²) in [4.78, 5) is 22.7. The Kier molecular flexibility index (Phi) is 6.23. The zero-order chi connectivity index (χ0) is 21.7. The molecule has 0 unspecified atom stereocenters. The van der Waals surface area contributed by atoms with Gasteiger partial charge in [-0.1, -0.05) is 53.7 Å². The van der Waals surface area contributed by atoms with E-state index in [2.05, 4.69) is 10.3 Å². The average molecular weight is 430 g/mol. The van der Waals surface area contributed by atoms with E-state index in [0.29, 0.717) is 0 Å². The van der Waals surface area contributed by atoms with Gasteiger partial charge in [0.2, 0.25) is 15.7 Å².